The Morgan fingerprint density at radius 3 is 2.36 bits per heavy atom. The van der Waals surface area contributed by atoms with E-state index in [2.05, 4.69) is 32.7 Å². The first kappa shape index (κ1) is 12.0. The Balaban J connectivity index is 2.62. The number of hydrogen-bond acceptors (Lipinski definition) is 3. The van der Waals surface area contributed by atoms with Crippen LogP contribution >= 0.6 is 0 Å². The Bertz CT molecular complexity index is 205. The zero-order chi connectivity index (χ0) is 11.0. The van der Waals surface area contributed by atoms with Crippen molar-refractivity contribution < 1.29 is 4.74 Å². The highest BCUT2D eigenvalue weighted by Gasteiger charge is 2.58. The molecule has 84 valence electrons. The van der Waals surface area contributed by atoms with Crippen LogP contribution in [0.5, 0.6) is 0 Å². The van der Waals surface area contributed by atoms with Crippen molar-refractivity contribution in [3.63, 3.8) is 0 Å². The van der Waals surface area contributed by atoms with Gasteiger partial charge in [-0.15, -0.1) is 0 Å². The fourth-order valence-electron chi connectivity index (χ4n) is 2.52. The fourth-order valence-corrected chi connectivity index (χ4v) is 2.52. The molecule has 1 saturated carbocycles. The number of hydrogen-bond donors (Lipinski definition) is 1. The Labute approximate surface area is 87.6 Å². The monoisotopic (exact) mass is 200 g/mol. The molecule has 3 heteroatoms. The van der Waals surface area contributed by atoms with E-state index >= 15 is 0 Å². The highest BCUT2D eigenvalue weighted by Crippen LogP contribution is 2.53. The third-order valence-corrected chi connectivity index (χ3v) is 4.24. The van der Waals surface area contributed by atoms with Gasteiger partial charge in [-0.25, -0.2) is 0 Å². The van der Waals surface area contributed by atoms with Gasteiger partial charge >= 0.3 is 0 Å². The topological polar surface area (TPSA) is 38.5 Å². The molecule has 1 aliphatic carbocycles. The number of nitrogens with two attached hydrogens (primary N) is 1. The maximum Gasteiger partial charge on any atom is 0.0731 e. The first-order chi connectivity index (χ1) is 6.39. The quantitative estimate of drug-likeness (QED) is 0.738. The van der Waals surface area contributed by atoms with E-state index in [0.717, 1.165) is 19.5 Å². The smallest absolute Gasteiger partial charge is 0.0731 e. The third kappa shape index (κ3) is 1.58. The molecule has 2 N–H and O–H groups in total. The highest BCUT2D eigenvalue weighted by atomic mass is 16.5. The molecule has 3 nitrogen and oxygen atoms in total. The summed E-state index contributed by atoms with van der Waals surface area (Å²) in [5, 5.41) is 0. The molecule has 0 heterocycles. The van der Waals surface area contributed by atoms with E-state index in [-0.39, 0.29) is 11.0 Å². The van der Waals surface area contributed by atoms with Crippen molar-refractivity contribution in [2.75, 3.05) is 27.2 Å². The predicted octanol–water partition coefficient (Wildman–Crippen LogP) is 1.08. The van der Waals surface area contributed by atoms with Crippen molar-refractivity contribution in [1.82, 2.24) is 4.90 Å². The van der Waals surface area contributed by atoms with Crippen LogP contribution in [0.15, 0.2) is 0 Å². The number of rotatable bonds is 4. The Hall–Kier alpha value is -0.120. The first-order valence-corrected chi connectivity index (χ1v) is 5.34. The summed E-state index contributed by atoms with van der Waals surface area (Å²) in [5.74, 6) is 0. The van der Waals surface area contributed by atoms with Crippen molar-refractivity contribution in [2.45, 2.75) is 38.8 Å². The Morgan fingerprint density at radius 1 is 1.43 bits per heavy atom. The minimum Gasteiger partial charge on any atom is -0.378 e. The van der Waals surface area contributed by atoms with Crippen LogP contribution in [-0.2, 0) is 4.74 Å². The third-order valence-electron chi connectivity index (χ3n) is 4.24. The van der Waals surface area contributed by atoms with Gasteiger partial charge in [0.05, 0.1) is 5.60 Å². The van der Waals surface area contributed by atoms with Crippen LogP contribution in [0.25, 0.3) is 0 Å². The van der Waals surface area contributed by atoms with Gasteiger partial charge in [0.2, 0.25) is 0 Å². The van der Waals surface area contributed by atoms with Gasteiger partial charge in [-0.05, 0) is 20.4 Å². The van der Waals surface area contributed by atoms with Gasteiger partial charge in [-0.1, -0.05) is 13.8 Å². The van der Waals surface area contributed by atoms with Crippen LogP contribution in [0, 0.1) is 5.41 Å². The summed E-state index contributed by atoms with van der Waals surface area (Å²) < 4.78 is 5.59. The predicted molar refractivity (Wildman–Crippen MR) is 59.3 cm³/mol. The molecule has 0 spiro atoms. The SMILES string of the molecule is COC1(C)CC(N(C)CCN)C1(C)C. The zero-order valence-electron chi connectivity index (χ0n) is 10.1. The molecule has 2 unspecified atom stereocenters. The first-order valence-electron chi connectivity index (χ1n) is 5.34. The van der Waals surface area contributed by atoms with E-state index in [4.69, 9.17) is 10.5 Å². The summed E-state index contributed by atoms with van der Waals surface area (Å²) in [6.45, 7) is 8.44. The molecule has 1 rings (SSSR count). The highest BCUT2D eigenvalue weighted by molar-refractivity contribution is 5.11. The molecular formula is C11H24N2O. The molecule has 14 heavy (non-hydrogen) atoms. The summed E-state index contributed by atoms with van der Waals surface area (Å²) >= 11 is 0. The van der Waals surface area contributed by atoms with E-state index in [1.54, 1.807) is 7.11 Å². The van der Waals surface area contributed by atoms with Crippen LogP contribution in [-0.4, -0.2) is 43.8 Å². The lowest BCUT2D eigenvalue weighted by atomic mass is 9.55. The largest absolute Gasteiger partial charge is 0.378 e. The van der Waals surface area contributed by atoms with E-state index in [9.17, 15) is 0 Å². The van der Waals surface area contributed by atoms with E-state index in [1.165, 1.54) is 0 Å². The van der Waals surface area contributed by atoms with Crippen molar-refractivity contribution in [1.29, 1.82) is 0 Å². The summed E-state index contributed by atoms with van der Waals surface area (Å²) in [6, 6.07) is 0.594. The molecule has 0 aromatic carbocycles. The molecule has 0 amide bonds. The van der Waals surface area contributed by atoms with Crippen LogP contribution < -0.4 is 5.73 Å². The molecule has 0 aliphatic heterocycles. The standard InChI is InChI=1S/C11H24N2O/c1-10(2)9(13(4)7-6-12)8-11(10,3)14-5/h9H,6-8,12H2,1-5H3. The maximum atomic E-state index is 5.59. The lowest BCUT2D eigenvalue weighted by molar-refractivity contribution is -0.205. The summed E-state index contributed by atoms with van der Waals surface area (Å²) in [6.07, 6.45) is 1.10. The second-order valence-corrected chi connectivity index (χ2v) is 5.15. The lowest BCUT2D eigenvalue weighted by Gasteiger charge is -2.61. The molecule has 0 radical (unpaired) electrons. The van der Waals surface area contributed by atoms with Crippen LogP contribution in [0.3, 0.4) is 0 Å². The molecule has 0 aromatic rings. The van der Waals surface area contributed by atoms with Gasteiger partial charge in [-0.2, -0.15) is 0 Å². The molecule has 1 fully saturated rings. The zero-order valence-corrected chi connectivity index (χ0v) is 10.1. The summed E-state index contributed by atoms with van der Waals surface area (Å²) in [4.78, 5) is 2.35. The second kappa shape index (κ2) is 3.80. The van der Waals surface area contributed by atoms with Crippen molar-refractivity contribution in [3.8, 4) is 0 Å². The number of methoxy groups -OCH3 is 1. The van der Waals surface area contributed by atoms with Crippen LogP contribution in [0.1, 0.15) is 27.2 Å². The van der Waals surface area contributed by atoms with Gasteiger partial charge in [0.1, 0.15) is 0 Å². The number of ether oxygens (including phenoxy) is 1. The molecule has 0 aromatic heterocycles. The van der Waals surface area contributed by atoms with Gasteiger partial charge in [0, 0.05) is 31.7 Å². The molecule has 0 saturated heterocycles. The van der Waals surface area contributed by atoms with E-state index < -0.39 is 0 Å². The van der Waals surface area contributed by atoms with Crippen molar-refractivity contribution in [3.05, 3.63) is 0 Å². The summed E-state index contributed by atoms with van der Waals surface area (Å²) in [7, 11) is 3.95. The Kier molecular flexibility index (Phi) is 3.24. The van der Waals surface area contributed by atoms with Crippen LogP contribution in [0.4, 0.5) is 0 Å². The maximum absolute atomic E-state index is 5.59. The number of likely N-dealkylation sites (N-methyl/N-ethyl adjacent to an activating group) is 1. The average Bonchev–Trinajstić information content (AvgIpc) is 2.13. The van der Waals surface area contributed by atoms with Gasteiger partial charge in [0.25, 0.3) is 0 Å². The molecular weight excluding hydrogens is 176 g/mol. The average molecular weight is 200 g/mol. The normalized spacial score (nSPS) is 35.8. The van der Waals surface area contributed by atoms with E-state index in [0.29, 0.717) is 6.04 Å². The van der Waals surface area contributed by atoms with Gasteiger partial charge in [-0.3, -0.25) is 0 Å². The van der Waals surface area contributed by atoms with Gasteiger partial charge in [0.15, 0.2) is 0 Å². The fraction of sp³-hybridized carbons (Fsp3) is 1.00. The van der Waals surface area contributed by atoms with Crippen LogP contribution in [0.2, 0.25) is 0 Å². The van der Waals surface area contributed by atoms with Crippen molar-refractivity contribution >= 4 is 0 Å². The molecule has 1 aliphatic rings. The van der Waals surface area contributed by atoms with Crippen molar-refractivity contribution in [2.24, 2.45) is 11.1 Å². The molecule has 2 atom stereocenters. The molecule has 0 bridgehead atoms. The minimum absolute atomic E-state index is 0.0283. The minimum atomic E-state index is 0.0283. The van der Waals surface area contributed by atoms with E-state index in [1.807, 2.05) is 0 Å². The second-order valence-electron chi connectivity index (χ2n) is 5.15. The Morgan fingerprint density at radius 2 is 2.00 bits per heavy atom. The number of nitrogens with zero attached hydrogens (tertiary/aromatic N) is 1. The van der Waals surface area contributed by atoms with Gasteiger partial charge < -0.3 is 15.4 Å². The lowest BCUT2D eigenvalue weighted by Crippen LogP contribution is -2.68. The summed E-state index contributed by atoms with van der Waals surface area (Å²) in [5.41, 5.74) is 5.80.